The van der Waals surface area contributed by atoms with E-state index in [4.69, 9.17) is 0 Å². The van der Waals surface area contributed by atoms with Gasteiger partial charge in [0.05, 0.1) is 0 Å². The molecule has 4 nitrogen and oxygen atoms in total. The van der Waals surface area contributed by atoms with Crippen molar-refractivity contribution < 1.29 is 0 Å². The number of hydrogen-bond acceptors (Lipinski definition) is 5. The van der Waals surface area contributed by atoms with Crippen molar-refractivity contribution in [3.8, 4) is 0 Å². The smallest absolute Gasteiger partial charge is 0.202 e. The topological polar surface area (TPSA) is 41.1 Å². The van der Waals surface area contributed by atoms with E-state index in [9.17, 15) is 0 Å². The molecular weight excluding hydrogens is 292 g/mol. The van der Waals surface area contributed by atoms with E-state index in [-0.39, 0.29) is 5.41 Å². The third kappa shape index (κ3) is 3.58. The Bertz CT molecular complexity index is 603. The van der Waals surface area contributed by atoms with Crippen molar-refractivity contribution in [2.45, 2.75) is 45.1 Å². The number of nitrogens with one attached hydrogen (secondary N) is 1. The van der Waals surface area contributed by atoms with E-state index in [1.807, 2.05) is 0 Å². The number of rotatable bonds is 3. The van der Waals surface area contributed by atoms with Gasteiger partial charge in [0.25, 0.3) is 0 Å². The van der Waals surface area contributed by atoms with Gasteiger partial charge in [-0.25, -0.2) is 4.98 Å². The van der Waals surface area contributed by atoms with Gasteiger partial charge in [0.1, 0.15) is 5.82 Å². The van der Waals surface area contributed by atoms with Gasteiger partial charge in [-0.15, -0.1) is 0 Å². The van der Waals surface area contributed by atoms with Gasteiger partial charge in [-0.05, 0) is 25.0 Å². The molecular formula is C17H24N4S. The first kappa shape index (κ1) is 15.3. The molecule has 118 valence electrons. The molecule has 1 aromatic heterocycles. The maximum atomic E-state index is 4.65. The van der Waals surface area contributed by atoms with Gasteiger partial charge in [0.15, 0.2) is 0 Å². The number of aromatic nitrogens is 2. The van der Waals surface area contributed by atoms with Crippen LogP contribution in [0.4, 0.5) is 10.8 Å². The fourth-order valence-electron chi connectivity index (χ4n) is 2.73. The number of hydrogen-bond donors (Lipinski definition) is 1. The third-order valence-corrected chi connectivity index (χ3v) is 4.61. The lowest BCUT2D eigenvalue weighted by molar-refractivity contribution is 0.527. The van der Waals surface area contributed by atoms with Crippen molar-refractivity contribution in [1.29, 1.82) is 0 Å². The maximum Gasteiger partial charge on any atom is 0.202 e. The molecule has 0 aliphatic carbocycles. The van der Waals surface area contributed by atoms with Gasteiger partial charge in [0.2, 0.25) is 5.13 Å². The van der Waals surface area contributed by atoms with Crippen LogP contribution in [0.5, 0.6) is 0 Å². The van der Waals surface area contributed by atoms with Gasteiger partial charge in [-0.2, -0.15) is 4.37 Å². The summed E-state index contributed by atoms with van der Waals surface area (Å²) < 4.78 is 4.48. The summed E-state index contributed by atoms with van der Waals surface area (Å²) in [5, 5.41) is 4.53. The van der Waals surface area contributed by atoms with Gasteiger partial charge in [-0.1, -0.05) is 39.0 Å². The first-order valence-corrected chi connectivity index (χ1v) is 8.70. The zero-order valence-electron chi connectivity index (χ0n) is 13.5. The van der Waals surface area contributed by atoms with Crippen LogP contribution in [0, 0.1) is 0 Å². The lowest BCUT2D eigenvalue weighted by Gasteiger charge is -2.34. The molecule has 0 bridgehead atoms. The molecule has 1 atom stereocenters. The number of benzene rings is 1. The van der Waals surface area contributed by atoms with E-state index in [1.54, 1.807) is 0 Å². The number of nitrogens with zero attached hydrogens (tertiary/aromatic N) is 3. The molecule has 2 aromatic rings. The largest absolute Gasteiger partial charge is 0.369 e. The summed E-state index contributed by atoms with van der Waals surface area (Å²) >= 11 is 1.48. The second kappa shape index (κ2) is 6.24. The molecule has 1 aliphatic rings. The molecule has 3 rings (SSSR count). The fourth-order valence-corrected chi connectivity index (χ4v) is 3.56. The van der Waals surface area contributed by atoms with Crippen LogP contribution in [0.3, 0.4) is 0 Å². The predicted octanol–water partition coefficient (Wildman–Crippen LogP) is 3.92. The molecule has 1 saturated heterocycles. The molecule has 0 amide bonds. The summed E-state index contributed by atoms with van der Waals surface area (Å²) in [6.45, 7) is 8.60. The van der Waals surface area contributed by atoms with Crippen LogP contribution in [-0.2, 0) is 5.41 Å². The quantitative estimate of drug-likeness (QED) is 0.932. The van der Waals surface area contributed by atoms with Gasteiger partial charge >= 0.3 is 0 Å². The molecule has 22 heavy (non-hydrogen) atoms. The Labute approximate surface area is 136 Å². The molecule has 1 N–H and O–H groups in total. The highest BCUT2D eigenvalue weighted by molar-refractivity contribution is 7.09. The third-order valence-electron chi connectivity index (χ3n) is 3.97. The molecule has 1 aliphatic heterocycles. The van der Waals surface area contributed by atoms with Crippen molar-refractivity contribution in [2.24, 2.45) is 0 Å². The summed E-state index contributed by atoms with van der Waals surface area (Å²) in [7, 11) is 0. The van der Waals surface area contributed by atoms with Crippen molar-refractivity contribution >= 4 is 22.4 Å². The Hall–Kier alpha value is -1.62. The van der Waals surface area contributed by atoms with Crippen molar-refractivity contribution in [3.05, 3.63) is 36.2 Å². The van der Waals surface area contributed by atoms with Crippen LogP contribution in [0.1, 0.15) is 39.4 Å². The Balaban J connectivity index is 1.64. The molecule has 1 fully saturated rings. The van der Waals surface area contributed by atoms with Crippen LogP contribution in [-0.4, -0.2) is 28.5 Å². The minimum absolute atomic E-state index is 0.0130. The average molecular weight is 316 g/mol. The summed E-state index contributed by atoms with van der Waals surface area (Å²) in [6, 6.07) is 11.1. The van der Waals surface area contributed by atoms with Gasteiger partial charge in [-0.3, -0.25) is 0 Å². The SMILES string of the molecule is CC(C)(C)c1nsc(NC2CCCN(c3ccccc3)C2)n1. The number of para-hydroxylation sites is 1. The Kier molecular flexibility index (Phi) is 4.34. The van der Waals surface area contributed by atoms with Crippen LogP contribution < -0.4 is 10.2 Å². The molecule has 0 spiro atoms. The van der Waals surface area contributed by atoms with E-state index in [0.29, 0.717) is 6.04 Å². The Morgan fingerprint density at radius 3 is 2.68 bits per heavy atom. The maximum absolute atomic E-state index is 4.65. The van der Waals surface area contributed by atoms with E-state index >= 15 is 0 Å². The standard InChI is InChI=1S/C17H24N4S/c1-17(2,3)15-19-16(22-20-15)18-13-8-7-11-21(12-13)14-9-5-4-6-10-14/h4-6,9-10,13H,7-8,11-12H2,1-3H3,(H,18,19,20). The second-order valence-electron chi connectivity index (χ2n) is 6.94. The minimum Gasteiger partial charge on any atom is -0.369 e. The first-order valence-electron chi connectivity index (χ1n) is 7.93. The van der Waals surface area contributed by atoms with Gasteiger partial charge < -0.3 is 10.2 Å². The summed E-state index contributed by atoms with van der Waals surface area (Å²) in [6.07, 6.45) is 2.39. The first-order chi connectivity index (χ1) is 10.5. The van der Waals surface area contributed by atoms with Crippen LogP contribution in [0.25, 0.3) is 0 Å². The number of anilines is 2. The Morgan fingerprint density at radius 1 is 1.23 bits per heavy atom. The van der Waals surface area contributed by atoms with E-state index < -0.39 is 0 Å². The summed E-state index contributed by atoms with van der Waals surface area (Å²) in [4.78, 5) is 7.10. The lowest BCUT2D eigenvalue weighted by atomic mass is 9.96. The molecule has 5 heteroatoms. The van der Waals surface area contributed by atoms with Crippen LogP contribution >= 0.6 is 11.5 Å². The van der Waals surface area contributed by atoms with E-state index in [2.05, 4.69) is 70.7 Å². The fraction of sp³-hybridized carbons (Fsp3) is 0.529. The monoisotopic (exact) mass is 316 g/mol. The van der Waals surface area contributed by atoms with Crippen molar-refractivity contribution in [3.63, 3.8) is 0 Å². The highest BCUT2D eigenvalue weighted by Gasteiger charge is 2.23. The highest BCUT2D eigenvalue weighted by Crippen LogP contribution is 2.25. The zero-order chi connectivity index (χ0) is 15.6. The summed E-state index contributed by atoms with van der Waals surface area (Å²) in [5.41, 5.74) is 1.32. The Morgan fingerprint density at radius 2 is 2.00 bits per heavy atom. The molecule has 0 radical (unpaired) electrons. The molecule has 0 saturated carbocycles. The number of piperidine rings is 1. The molecule has 2 heterocycles. The van der Waals surface area contributed by atoms with Crippen LogP contribution in [0.2, 0.25) is 0 Å². The van der Waals surface area contributed by atoms with Crippen LogP contribution in [0.15, 0.2) is 30.3 Å². The lowest BCUT2D eigenvalue weighted by Crippen LogP contribution is -2.42. The molecule has 1 unspecified atom stereocenters. The van der Waals surface area contributed by atoms with Gasteiger partial charge in [0, 0.05) is 41.8 Å². The molecule has 1 aromatic carbocycles. The van der Waals surface area contributed by atoms with Crippen molar-refractivity contribution in [1.82, 2.24) is 9.36 Å². The highest BCUT2D eigenvalue weighted by atomic mass is 32.1. The van der Waals surface area contributed by atoms with E-state index in [0.717, 1.165) is 24.0 Å². The second-order valence-corrected chi connectivity index (χ2v) is 7.69. The summed E-state index contributed by atoms with van der Waals surface area (Å²) in [5.74, 6) is 0.927. The van der Waals surface area contributed by atoms with E-state index in [1.165, 1.54) is 30.1 Å². The average Bonchev–Trinajstić information content (AvgIpc) is 2.97. The zero-order valence-corrected chi connectivity index (χ0v) is 14.4. The minimum atomic E-state index is 0.0130. The van der Waals surface area contributed by atoms with Crippen molar-refractivity contribution in [2.75, 3.05) is 23.3 Å². The normalized spacial score (nSPS) is 19.2. The predicted molar refractivity (Wildman–Crippen MR) is 93.9 cm³/mol.